The molecule has 0 bridgehead atoms. The maximum atomic E-state index is 12.1. The lowest BCUT2D eigenvalue weighted by Crippen LogP contribution is -2.56. The van der Waals surface area contributed by atoms with E-state index in [4.69, 9.17) is 17.2 Å². The number of nitrogens with two attached hydrogens (primary N) is 3. The van der Waals surface area contributed by atoms with Crippen molar-refractivity contribution in [3.63, 3.8) is 0 Å². The molecule has 1 fully saturated rings. The van der Waals surface area contributed by atoms with Gasteiger partial charge in [-0.3, -0.25) is 14.4 Å². The van der Waals surface area contributed by atoms with Crippen molar-refractivity contribution >= 4 is 17.7 Å². The molecule has 96 valence electrons. The van der Waals surface area contributed by atoms with Crippen LogP contribution in [0, 0.1) is 0 Å². The van der Waals surface area contributed by atoms with E-state index in [1.165, 1.54) is 0 Å². The van der Waals surface area contributed by atoms with Gasteiger partial charge in [-0.1, -0.05) is 12.8 Å². The zero-order valence-corrected chi connectivity index (χ0v) is 9.65. The van der Waals surface area contributed by atoms with Gasteiger partial charge < -0.3 is 22.1 Å². The van der Waals surface area contributed by atoms with Crippen LogP contribution in [0.3, 0.4) is 0 Å². The Morgan fingerprint density at radius 2 is 1.41 bits per heavy atom. The van der Waals surface area contributed by atoms with E-state index in [9.17, 15) is 14.4 Å². The molecule has 0 saturated heterocycles. The summed E-state index contributed by atoms with van der Waals surface area (Å²) >= 11 is 0. The summed E-state index contributed by atoms with van der Waals surface area (Å²) < 4.78 is 0. The van der Waals surface area contributed by atoms with Crippen molar-refractivity contribution in [1.82, 2.24) is 4.90 Å². The molecule has 7 heteroatoms. The molecule has 1 saturated carbocycles. The molecule has 0 heterocycles. The summed E-state index contributed by atoms with van der Waals surface area (Å²) in [5, 5.41) is 0. The van der Waals surface area contributed by atoms with Crippen molar-refractivity contribution in [2.24, 2.45) is 17.2 Å². The first-order chi connectivity index (χ1) is 7.85. The number of hydrogen-bond donors (Lipinski definition) is 3. The van der Waals surface area contributed by atoms with Gasteiger partial charge in [0.1, 0.15) is 0 Å². The van der Waals surface area contributed by atoms with E-state index in [-0.39, 0.29) is 13.1 Å². The first-order valence-corrected chi connectivity index (χ1v) is 5.50. The third-order valence-corrected chi connectivity index (χ3v) is 2.90. The zero-order chi connectivity index (χ0) is 13.1. The minimum absolute atomic E-state index is 0.333. The van der Waals surface area contributed by atoms with E-state index >= 15 is 0 Å². The van der Waals surface area contributed by atoms with Gasteiger partial charge in [0.15, 0.2) is 0 Å². The second-order valence-electron chi connectivity index (χ2n) is 4.46. The normalized spacial score (nSPS) is 17.7. The highest BCUT2D eigenvalue weighted by molar-refractivity contribution is 5.93. The molecule has 0 spiro atoms. The molecule has 1 aliphatic carbocycles. The van der Waals surface area contributed by atoms with Gasteiger partial charge in [-0.25, -0.2) is 0 Å². The minimum atomic E-state index is -0.981. The van der Waals surface area contributed by atoms with Gasteiger partial charge in [-0.15, -0.1) is 0 Å². The van der Waals surface area contributed by atoms with Crippen LogP contribution in [0.1, 0.15) is 25.7 Å². The minimum Gasteiger partial charge on any atom is -0.368 e. The topological polar surface area (TPSA) is 133 Å². The number of rotatable bonds is 5. The fourth-order valence-electron chi connectivity index (χ4n) is 2.11. The average Bonchev–Trinajstić information content (AvgIpc) is 2.63. The second kappa shape index (κ2) is 5.13. The van der Waals surface area contributed by atoms with Crippen LogP contribution in [-0.2, 0) is 14.4 Å². The van der Waals surface area contributed by atoms with Gasteiger partial charge in [-0.2, -0.15) is 0 Å². The van der Waals surface area contributed by atoms with E-state index in [0.29, 0.717) is 12.8 Å². The summed E-state index contributed by atoms with van der Waals surface area (Å²) in [6, 6.07) is 0. The maximum absolute atomic E-state index is 12.1. The standard InChI is InChI=1S/C10H18N4O3/c11-7(15)5-14(6-8(12)16)9(17)10(13)3-1-2-4-10/h1-6,13H2,(H2,11,15)(H2,12,16). The molecule has 0 aromatic carbocycles. The molecule has 1 rings (SSSR count). The van der Waals surface area contributed by atoms with Gasteiger partial charge in [0.05, 0.1) is 18.6 Å². The van der Waals surface area contributed by atoms with E-state index in [0.717, 1.165) is 17.7 Å². The summed E-state index contributed by atoms with van der Waals surface area (Å²) in [5.74, 6) is -1.81. The second-order valence-corrected chi connectivity index (χ2v) is 4.46. The van der Waals surface area contributed by atoms with Crippen LogP contribution in [0.5, 0.6) is 0 Å². The number of carbonyl (C=O) groups excluding carboxylic acids is 3. The molecule has 7 nitrogen and oxygen atoms in total. The Kier molecular flexibility index (Phi) is 4.06. The summed E-state index contributed by atoms with van der Waals surface area (Å²) in [6.07, 6.45) is 2.84. The molecule has 1 aliphatic rings. The Balaban J connectivity index is 2.77. The van der Waals surface area contributed by atoms with Crippen LogP contribution >= 0.6 is 0 Å². The molecule has 0 aromatic rings. The van der Waals surface area contributed by atoms with E-state index in [1.54, 1.807) is 0 Å². The van der Waals surface area contributed by atoms with E-state index in [1.807, 2.05) is 0 Å². The van der Waals surface area contributed by atoms with Gasteiger partial charge in [0, 0.05) is 0 Å². The van der Waals surface area contributed by atoms with Crippen molar-refractivity contribution in [2.45, 2.75) is 31.2 Å². The van der Waals surface area contributed by atoms with Crippen molar-refractivity contribution in [3.05, 3.63) is 0 Å². The number of carbonyl (C=O) groups is 3. The molecule has 0 radical (unpaired) electrons. The van der Waals surface area contributed by atoms with Crippen molar-refractivity contribution in [3.8, 4) is 0 Å². The smallest absolute Gasteiger partial charge is 0.243 e. The molecular weight excluding hydrogens is 224 g/mol. The van der Waals surface area contributed by atoms with Crippen LogP contribution < -0.4 is 17.2 Å². The summed E-state index contributed by atoms with van der Waals surface area (Å²) in [4.78, 5) is 34.9. The Bertz CT molecular complexity index is 320. The number of nitrogens with zero attached hydrogens (tertiary/aromatic N) is 1. The molecule has 3 amide bonds. The molecular formula is C10H18N4O3. The molecule has 6 N–H and O–H groups in total. The lowest BCUT2D eigenvalue weighted by Gasteiger charge is -2.29. The fraction of sp³-hybridized carbons (Fsp3) is 0.700. The SMILES string of the molecule is NC(=O)CN(CC(N)=O)C(=O)C1(N)CCCC1. The lowest BCUT2D eigenvalue weighted by molar-refractivity contribution is -0.142. The van der Waals surface area contributed by atoms with Gasteiger partial charge in [0.2, 0.25) is 17.7 Å². The van der Waals surface area contributed by atoms with Gasteiger partial charge in [-0.05, 0) is 12.8 Å². The number of amides is 3. The van der Waals surface area contributed by atoms with Crippen molar-refractivity contribution in [1.29, 1.82) is 0 Å². The van der Waals surface area contributed by atoms with Crippen LogP contribution in [0.2, 0.25) is 0 Å². The molecule has 0 unspecified atom stereocenters. The molecule has 0 atom stereocenters. The lowest BCUT2D eigenvalue weighted by atomic mass is 9.97. The van der Waals surface area contributed by atoms with Gasteiger partial charge >= 0.3 is 0 Å². The first kappa shape index (κ1) is 13.4. The van der Waals surface area contributed by atoms with Crippen molar-refractivity contribution < 1.29 is 14.4 Å². The Labute approximate surface area is 99.3 Å². The summed E-state index contributed by atoms with van der Waals surface area (Å²) in [6.45, 7) is -0.665. The number of hydrogen-bond acceptors (Lipinski definition) is 4. The monoisotopic (exact) mass is 242 g/mol. The highest BCUT2D eigenvalue weighted by Crippen LogP contribution is 2.28. The first-order valence-electron chi connectivity index (χ1n) is 5.50. The van der Waals surface area contributed by atoms with Crippen LogP contribution in [0.25, 0.3) is 0 Å². The van der Waals surface area contributed by atoms with Crippen molar-refractivity contribution in [2.75, 3.05) is 13.1 Å². The largest absolute Gasteiger partial charge is 0.368 e. The van der Waals surface area contributed by atoms with Crippen LogP contribution in [0.4, 0.5) is 0 Å². The Morgan fingerprint density at radius 1 is 1.00 bits per heavy atom. The molecule has 0 aliphatic heterocycles. The van der Waals surface area contributed by atoms with E-state index < -0.39 is 23.3 Å². The molecule has 0 aromatic heterocycles. The van der Waals surface area contributed by atoms with Crippen LogP contribution in [0.15, 0.2) is 0 Å². The third-order valence-electron chi connectivity index (χ3n) is 2.90. The molecule has 17 heavy (non-hydrogen) atoms. The maximum Gasteiger partial charge on any atom is 0.243 e. The van der Waals surface area contributed by atoms with Crippen LogP contribution in [-0.4, -0.2) is 41.2 Å². The van der Waals surface area contributed by atoms with E-state index in [2.05, 4.69) is 0 Å². The summed E-state index contributed by atoms with van der Waals surface area (Å²) in [5.41, 5.74) is 15.0. The Morgan fingerprint density at radius 3 is 1.76 bits per heavy atom. The third kappa shape index (κ3) is 3.42. The average molecular weight is 242 g/mol. The predicted molar refractivity (Wildman–Crippen MR) is 60.4 cm³/mol. The number of primary amides is 2. The highest BCUT2D eigenvalue weighted by atomic mass is 16.2. The Hall–Kier alpha value is -1.63. The zero-order valence-electron chi connectivity index (χ0n) is 9.65. The van der Waals surface area contributed by atoms with Gasteiger partial charge in [0.25, 0.3) is 0 Å². The predicted octanol–water partition coefficient (Wildman–Crippen LogP) is -1.94. The fourth-order valence-corrected chi connectivity index (χ4v) is 2.11. The quantitative estimate of drug-likeness (QED) is 0.517. The highest BCUT2D eigenvalue weighted by Gasteiger charge is 2.40. The summed E-state index contributed by atoms with van der Waals surface area (Å²) in [7, 11) is 0.